The molecule has 1 aliphatic carbocycles. The lowest BCUT2D eigenvalue weighted by molar-refractivity contribution is -0.0549. The van der Waals surface area contributed by atoms with Gasteiger partial charge in [-0.1, -0.05) is 49.0 Å². The van der Waals surface area contributed by atoms with Crippen LogP contribution in [0.25, 0.3) is 0 Å². The predicted molar refractivity (Wildman–Crippen MR) is 65.0 cm³/mol. The van der Waals surface area contributed by atoms with E-state index in [0.717, 1.165) is 17.9 Å². The lowest BCUT2D eigenvalue weighted by Crippen LogP contribution is -2.37. The smallest absolute Gasteiger partial charge is 0.0778 e. The fraction of sp³-hybridized carbons (Fsp3) is 1.00. The standard InChI is InChI=1S/C12H23BrO/c1-11(2)6-9-14-12(10-13)7-4-3-5-8-12/h11H,3-10H2,1-2H3. The maximum absolute atomic E-state index is 6.08. The number of rotatable bonds is 5. The molecule has 0 amide bonds. The van der Waals surface area contributed by atoms with E-state index in [4.69, 9.17) is 4.74 Å². The highest BCUT2D eigenvalue weighted by molar-refractivity contribution is 9.09. The van der Waals surface area contributed by atoms with E-state index in [1.54, 1.807) is 0 Å². The summed E-state index contributed by atoms with van der Waals surface area (Å²) in [6, 6.07) is 0. The van der Waals surface area contributed by atoms with Crippen LogP contribution in [0.3, 0.4) is 0 Å². The van der Waals surface area contributed by atoms with Crippen LogP contribution in [0.1, 0.15) is 52.4 Å². The molecule has 0 aromatic rings. The molecule has 0 bridgehead atoms. The molecule has 0 aromatic heterocycles. The Bertz CT molecular complexity index is 150. The minimum Gasteiger partial charge on any atom is -0.374 e. The van der Waals surface area contributed by atoms with Gasteiger partial charge in [0.2, 0.25) is 0 Å². The highest BCUT2D eigenvalue weighted by Crippen LogP contribution is 2.33. The summed E-state index contributed by atoms with van der Waals surface area (Å²) >= 11 is 3.61. The fourth-order valence-electron chi connectivity index (χ4n) is 2.02. The molecular formula is C12H23BrO. The first-order chi connectivity index (χ1) is 6.68. The van der Waals surface area contributed by atoms with Crippen LogP contribution in [0.4, 0.5) is 0 Å². The molecule has 1 fully saturated rings. The third kappa shape index (κ3) is 3.90. The van der Waals surface area contributed by atoms with Gasteiger partial charge in [0.25, 0.3) is 0 Å². The topological polar surface area (TPSA) is 9.23 Å². The highest BCUT2D eigenvalue weighted by atomic mass is 79.9. The van der Waals surface area contributed by atoms with Crippen LogP contribution in [0.5, 0.6) is 0 Å². The summed E-state index contributed by atoms with van der Waals surface area (Å²) in [5.41, 5.74) is 0.174. The van der Waals surface area contributed by atoms with Crippen molar-refractivity contribution in [3.63, 3.8) is 0 Å². The van der Waals surface area contributed by atoms with Gasteiger partial charge in [-0.05, 0) is 25.2 Å². The summed E-state index contributed by atoms with van der Waals surface area (Å²) in [7, 11) is 0. The first-order valence-electron chi connectivity index (χ1n) is 5.88. The van der Waals surface area contributed by atoms with Crippen molar-refractivity contribution < 1.29 is 4.74 Å². The Morgan fingerprint density at radius 3 is 2.36 bits per heavy atom. The molecule has 1 nitrogen and oxygen atoms in total. The third-order valence-corrected chi connectivity index (χ3v) is 4.13. The van der Waals surface area contributed by atoms with Crippen molar-refractivity contribution in [3.05, 3.63) is 0 Å². The van der Waals surface area contributed by atoms with Crippen molar-refractivity contribution in [2.75, 3.05) is 11.9 Å². The monoisotopic (exact) mass is 262 g/mol. The van der Waals surface area contributed by atoms with E-state index in [-0.39, 0.29) is 5.60 Å². The van der Waals surface area contributed by atoms with E-state index in [1.807, 2.05) is 0 Å². The Kier molecular flexibility index (Phi) is 5.47. The van der Waals surface area contributed by atoms with Crippen LogP contribution in [-0.4, -0.2) is 17.5 Å². The van der Waals surface area contributed by atoms with E-state index < -0.39 is 0 Å². The van der Waals surface area contributed by atoms with E-state index in [2.05, 4.69) is 29.8 Å². The van der Waals surface area contributed by atoms with Crippen molar-refractivity contribution in [3.8, 4) is 0 Å². The Labute approximate surface area is 96.7 Å². The summed E-state index contributed by atoms with van der Waals surface area (Å²) in [5.74, 6) is 0.756. The second kappa shape index (κ2) is 6.12. The first-order valence-corrected chi connectivity index (χ1v) is 7.01. The zero-order valence-electron chi connectivity index (χ0n) is 9.52. The molecule has 0 unspecified atom stereocenters. The molecule has 14 heavy (non-hydrogen) atoms. The quantitative estimate of drug-likeness (QED) is 0.677. The lowest BCUT2D eigenvalue weighted by Gasteiger charge is -2.36. The molecular weight excluding hydrogens is 240 g/mol. The second-order valence-electron chi connectivity index (χ2n) is 4.91. The SMILES string of the molecule is CC(C)CCOC1(CBr)CCCCC1. The molecule has 1 rings (SSSR count). The zero-order valence-corrected chi connectivity index (χ0v) is 11.1. The zero-order chi connectivity index (χ0) is 10.4. The summed E-state index contributed by atoms with van der Waals surface area (Å²) in [5, 5.41) is 1.01. The molecule has 0 atom stereocenters. The molecule has 1 saturated carbocycles. The van der Waals surface area contributed by atoms with E-state index >= 15 is 0 Å². The molecule has 0 aliphatic heterocycles. The van der Waals surface area contributed by atoms with Crippen molar-refractivity contribution in [2.45, 2.75) is 58.0 Å². The minimum atomic E-state index is 0.174. The van der Waals surface area contributed by atoms with E-state index in [0.29, 0.717) is 0 Å². The third-order valence-electron chi connectivity index (χ3n) is 3.11. The first kappa shape index (κ1) is 12.5. The van der Waals surface area contributed by atoms with Crippen LogP contribution in [0.15, 0.2) is 0 Å². The van der Waals surface area contributed by atoms with Crippen LogP contribution < -0.4 is 0 Å². The summed E-state index contributed by atoms with van der Waals surface area (Å²) < 4.78 is 6.08. The van der Waals surface area contributed by atoms with Crippen molar-refractivity contribution in [2.24, 2.45) is 5.92 Å². The van der Waals surface area contributed by atoms with Crippen LogP contribution in [-0.2, 0) is 4.74 Å². The number of ether oxygens (including phenoxy) is 1. The molecule has 0 spiro atoms. The molecule has 0 saturated heterocycles. The van der Waals surface area contributed by atoms with Gasteiger partial charge >= 0.3 is 0 Å². The van der Waals surface area contributed by atoms with Crippen molar-refractivity contribution in [1.82, 2.24) is 0 Å². The molecule has 1 aliphatic rings. The largest absolute Gasteiger partial charge is 0.374 e. The minimum absolute atomic E-state index is 0.174. The summed E-state index contributed by atoms with van der Waals surface area (Å²) in [4.78, 5) is 0. The number of hydrogen-bond acceptors (Lipinski definition) is 1. The van der Waals surface area contributed by atoms with Gasteiger partial charge in [0.15, 0.2) is 0 Å². The van der Waals surface area contributed by atoms with Gasteiger partial charge in [-0.2, -0.15) is 0 Å². The van der Waals surface area contributed by atoms with E-state index in [9.17, 15) is 0 Å². The van der Waals surface area contributed by atoms with Crippen LogP contribution >= 0.6 is 15.9 Å². The fourth-order valence-corrected chi connectivity index (χ4v) is 2.75. The number of hydrogen-bond donors (Lipinski definition) is 0. The van der Waals surface area contributed by atoms with Crippen molar-refractivity contribution >= 4 is 15.9 Å². The normalized spacial score (nSPS) is 21.4. The van der Waals surface area contributed by atoms with Crippen LogP contribution in [0, 0.1) is 5.92 Å². The maximum Gasteiger partial charge on any atom is 0.0778 e. The molecule has 2 heteroatoms. The average Bonchev–Trinajstić information content (AvgIpc) is 2.19. The number of halogens is 1. The summed E-state index contributed by atoms with van der Waals surface area (Å²) in [6.07, 6.45) is 7.75. The van der Waals surface area contributed by atoms with Gasteiger partial charge < -0.3 is 4.74 Å². The maximum atomic E-state index is 6.08. The van der Waals surface area contributed by atoms with Gasteiger partial charge in [0.05, 0.1) is 5.60 Å². The van der Waals surface area contributed by atoms with Crippen LogP contribution in [0.2, 0.25) is 0 Å². The highest BCUT2D eigenvalue weighted by Gasteiger charge is 2.31. The lowest BCUT2D eigenvalue weighted by atomic mass is 9.86. The Balaban J connectivity index is 2.29. The molecule has 0 radical (unpaired) electrons. The van der Waals surface area contributed by atoms with E-state index in [1.165, 1.54) is 38.5 Å². The Morgan fingerprint density at radius 1 is 1.21 bits per heavy atom. The Morgan fingerprint density at radius 2 is 1.86 bits per heavy atom. The number of alkyl halides is 1. The van der Waals surface area contributed by atoms with Gasteiger partial charge in [0.1, 0.15) is 0 Å². The predicted octanol–water partition coefficient (Wildman–Crippen LogP) is 4.15. The summed E-state index contributed by atoms with van der Waals surface area (Å²) in [6.45, 7) is 5.44. The second-order valence-corrected chi connectivity index (χ2v) is 5.47. The van der Waals surface area contributed by atoms with Gasteiger partial charge in [0, 0.05) is 11.9 Å². The average molecular weight is 263 g/mol. The van der Waals surface area contributed by atoms with Gasteiger partial charge in [-0.3, -0.25) is 0 Å². The molecule has 0 aromatic carbocycles. The molecule has 84 valence electrons. The molecule has 0 N–H and O–H groups in total. The van der Waals surface area contributed by atoms with Gasteiger partial charge in [-0.15, -0.1) is 0 Å². The molecule has 0 heterocycles. The van der Waals surface area contributed by atoms with Crippen molar-refractivity contribution in [1.29, 1.82) is 0 Å². The van der Waals surface area contributed by atoms with Gasteiger partial charge in [-0.25, -0.2) is 0 Å². The Hall–Kier alpha value is 0.440.